The Kier molecular flexibility index (Phi) is 4.22. The molecule has 1 aromatic heterocycles. The fourth-order valence-electron chi connectivity index (χ4n) is 1.19. The second-order valence-electron chi connectivity index (χ2n) is 4.67. The van der Waals surface area contributed by atoms with Crippen LogP contribution in [0.3, 0.4) is 0 Å². The number of alkyl halides is 2. The van der Waals surface area contributed by atoms with Crippen molar-refractivity contribution in [2.75, 3.05) is 5.32 Å². The molecule has 1 aromatic rings. The van der Waals surface area contributed by atoms with E-state index in [0.29, 0.717) is 0 Å². The predicted molar refractivity (Wildman–Crippen MR) is 66.6 cm³/mol. The Balaban J connectivity index is 3.05. The summed E-state index contributed by atoms with van der Waals surface area (Å²) in [6, 6.07) is 2.09. The lowest BCUT2D eigenvalue weighted by molar-refractivity contribution is -0.0526. The molecule has 0 unspecified atom stereocenters. The molecule has 1 amide bonds. The number of hydrogen-bond donors (Lipinski definition) is 2. The van der Waals surface area contributed by atoms with Gasteiger partial charge < -0.3 is 14.6 Å². The molecule has 0 saturated carbocycles. The number of hydrogen-bond acceptors (Lipinski definition) is 5. The summed E-state index contributed by atoms with van der Waals surface area (Å²) in [7, 11) is 0. The quantitative estimate of drug-likeness (QED) is 0.891. The van der Waals surface area contributed by atoms with Crippen molar-refractivity contribution in [3.8, 4) is 5.88 Å². The highest BCUT2D eigenvalue weighted by Crippen LogP contribution is 2.24. The van der Waals surface area contributed by atoms with Gasteiger partial charge in [0.15, 0.2) is 0 Å². The summed E-state index contributed by atoms with van der Waals surface area (Å²) in [5.41, 5.74) is -1.59. The number of aromatic nitrogens is 1. The summed E-state index contributed by atoms with van der Waals surface area (Å²) >= 11 is 0. The lowest BCUT2D eigenvalue weighted by atomic mass is 10.2. The van der Waals surface area contributed by atoms with Crippen LogP contribution in [0.15, 0.2) is 12.1 Å². The normalized spacial score (nSPS) is 13.6. The molecule has 8 heteroatoms. The first kappa shape index (κ1) is 13.0. The van der Waals surface area contributed by atoms with E-state index in [2.05, 4.69) is 15.0 Å². The first-order chi connectivity index (χ1) is 9.88. The van der Waals surface area contributed by atoms with Gasteiger partial charge in [0, 0.05) is 0 Å². The van der Waals surface area contributed by atoms with Crippen molar-refractivity contribution < 1.29 is 30.9 Å². The first-order valence-corrected chi connectivity index (χ1v) is 5.57. The fraction of sp³-hybridized carbons (Fsp3) is 0.500. The van der Waals surface area contributed by atoms with Gasteiger partial charge in [-0.2, -0.15) is 8.78 Å². The second kappa shape index (κ2) is 6.47. The molecular weight excluding hydrogens is 274 g/mol. The molecule has 1 heterocycles. The van der Waals surface area contributed by atoms with Crippen LogP contribution in [-0.4, -0.2) is 28.4 Å². The summed E-state index contributed by atoms with van der Waals surface area (Å²) < 4.78 is 48.0. The molecule has 2 N–H and O–H groups in total. The van der Waals surface area contributed by atoms with Gasteiger partial charge in [-0.15, -0.1) is 0 Å². The Morgan fingerprint density at radius 1 is 1.55 bits per heavy atom. The van der Waals surface area contributed by atoms with Crippen LogP contribution in [-0.2, 0) is 11.3 Å². The van der Waals surface area contributed by atoms with Crippen molar-refractivity contribution in [2.45, 2.75) is 39.5 Å². The number of nitrogens with one attached hydrogen (secondary N) is 1. The Bertz CT molecular complexity index is 545. The third kappa shape index (κ3) is 5.35. The lowest BCUT2D eigenvalue weighted by Crippen LogP contribution is -2.27. The van der Waals surface area contributed by atoms with E-state index in [4.69, 9.17) is 7.48 Å². The molecular formula is C12H16F2N2O4. The van der Waals surface area contributed by atoms with Crippen LogP contribution in [0.2, 0.25) is 0 Å². The third-order valence-corrected chi connectivity index (χ3v) is 1.81. The summed E-state index contributed by atoms with van der Waals surface area (Å²) in [6.45, 7) is -1.24. The number of anilines is 1. The van der Waals surface area contributed by atoms with Crippen LogP contribution in [0, 0.1) is 0 Å². The topological polar surface area (TPSA) is 80.7 Å². The zero-order valence-corrected chi connectivity index (χ0v) is 11.1. The molecule has 1 rings (SSSR count). The highest BCUT2D eigenvalue weighted by Gasteiger charge is 2.19. The zero-order valence-electron chi connectivity index (χ0n) is 13.1. The van der Waals surface area contributed by atoms with Gasteiger partial charge in [-0.25, -0.2) is 9.78 Å². The van der Waals surface area contributed by atoms with Crippen molar-refractivity contribution in [1.29, 1.82) is 0 Å². The molecule has 0 aliphatic heterocycles. The minimum absolute atomic E-state index is 0.248. The van der Waals surface area contributed by atoms with Crippen molar-refractivity contribution in [3.63, 3.8) is 0 Å². The van der Waals surface area contributed by atoms with Crippen LogP contribution < -0.4 is 10.1 Å². The second-order valence-corrected chi connectivity index (χ2v) is 4.67. The minimum atomic E-state index is -3.24. The van der Waals surface area contributed by atoms with Crippen molar-refractivity contribution >= 4 is 11.8 Å². The molecule has 112 valence electrons. The summed E-state index contributed by atoms with van der Waals surface area (Å²) in [6.07, 6.45) is -0.923. The Labute approximate surface area is 117 Å². The molecule has 0 radical (unpaired) electrons. The standard InChI is InChI=1S/C12H16F2N2O4/c1-12(2,3)20-11(18)16-8-5-4-7(6-17)15-9(8)19-10(13)14/h4-5,10,17H,6H2,1-3H3,(H,16,18)/i6D2. The monoisotopic (exact) mass is 292 g/mol. The number of carbonyl (C=O) groups excluding carboxylic acids is 1. The highest BCUT2D eigenvalue weighted by atomic mass is 19.3. The summed E-state index contributed by atoms with van der Waals surface area (Å²) in [4.78, 5) is 15.1. The Hall–Kier alpha value is -1.96. The number of amides is 1. The van der Waals surface area contributed by atoms with Crippen molar-refractivity contribution in [1.82, 2.24) is 4.98 Å². The molecule has 0 aliphatic rings. The molecule has 0 spiro atoms. The van der Waals surface area contributed by atoms with E-state index in [1.165, 1.54) is 0 Å². The summed E-state index contributed by atoms with van der Waals surface area (Å²) in [5, 5.41) is 11.4. The van der Waals surface area contributed by atoms with E-state index in [1.807, 2.05) is 0 Å². The van der Waals surface area contributed by atoms with E-state index >= 15 is 0 Å². The number of nitrogens with zero attached hydrogens (tertiary/aromatic N) is 1. The Morgan fingerprint density at radius 2 is 2.20 bits per heavy atom. The van der Waals surface area contributed by atoms with Crippen LogP contribution in [0.25, 0.3) is 0 Å². The number of rotatable bonds is 4. The van der Waals surface area contributed by atoms with Gasteiger partial charge in [0.25, 0.3) is 0 Å². The molecule has 0 aromatic carbocycles. The van der Waals surface area contributed by atoms with E-state index in [1.54, 1.807) is 20.8 Å². The van der Waals surface area contributed by atoms with Crippen LogP contribution in [0.4, 0.5) is 19.3 Å². The predicted octanol–water partition coefficient (Wildman–Crippen LogP) is 2.52. The van der Waals surface area contributed by atoms with E-state index in [0.717, 1.165) is 12.1 Å². The molecule has 0 aliphatic carbocycles. The van der Waals surface area contributed by atoms with Gasteiger partial charge in [0.2, 0.25) is 5.88 Å². The van der Waals surface area contributed by atoms with Crippen molar-refractivity contribution in [3.05, 3.63) is 17.8 Å². The molecule has 0 fully saturated rings. The first-order valence-electron chi connectivity index (χ1n) is 6.57. The largest absolute Gasteiger partial charge is 0.444 e. The molecule has 0 bridgehead atoms. The van der Waals surface area contributed by atoms with Gasteiger partial charge in [-0.1, -0.05) is 0 Å². The van der Waals surface area contributed by atoms with E-state index in [-0.39, 0.29) is 5.69 Å². The van der Waals surface area contributed by atoms with Crippen LogP contribution in [0.1, 0.15) is 29.2 Å². The number of ether oxygens (including phenoxy) is 2. The molecule has 0 atom stereocenters. The maximum absolute atomic E-state index is 12.4. The van der Waals surface area contributed by atoms with E-state index in [9.17, 15) is 18.7 Å². The van der Waals surface area contributed by atoms with Crippen LogP contribution in [0.5, 0.6) is 5.88 Å². The SMILES string of the molecule is [2H]C([2H])(O)c1ccc(NC(=O)OC(C)(C)C)c(OC(F)F)n1. The third-order valence-electron chi connectivity index (χ3n) is 1.81. The minimum Gasteiger partial charge on any atom is -0.444 e. The number of carbonyl (C=O) groups is 1. The number of aliphatic hydroxyl groups is 1. The van der Waals surface area contributed by atoms with Crippen LogP contribution >= 0.6 is 0 Å². The number of halogens is 2. The average Bonchev–Trinajstić information content (AvgIpc) is 2.26. The van der Waals surface area contributed by atoms with Gasteiger partial charge in [0.05, 0.1) is 15.0 Å². The van der Waals surface area contributed by atoms with Gasteiger partial charge in [0.1, 0.15) is 11.3 Å². The van der Waals surface area contributed by atoms with Gasteiger partial charge in [-0.3, -0.25) is 5.32 Å². The molecule has 0 saturated heterocycles. The number of pyridine rings is 1. The summed E-state index contributed by atoms with van der Waals surface area (Å²) in [5.74, 6) is -0.740. The van der Waals surface area contributed by atoms with Crippen molar-refractivity contribution in [2.24, 2.45) is 0 Å². The maximum atomic E-state index is 12.4. The highest BCUT2D eigenvalue weighted by molar-refractivity contribution is 5.86. The molecule has 6 nitrogen and oxygen atoms in total. The zero-order chi connectivity index (χ0) is 17.1. The average molecular weight is 292 g/mol. The fourth-order valence-corrected chi connectivity index (χ4v) is 1.19. The van der Waals surface area contributed by atoms with E-state index < -0.39 is 36.4 Å². The smallest absolute Gasteiger partial charge is 0.412 e. The lowest BCUT2D eigenvalue weighted by Gasteiger charge is -2.20. The van der Waals surface area contributed by atoms with Gasteiger partial charge >= 0.3 is 12.7 Å². The Morgan fingerprint density at radius 3 is 2.70 bits per heavy atom. The molecule has 20 heavy (non-hydrogen) atoms. The maximum Gasteiger partial charge on any atom is 0.412 e. The van der Waals surface area contributed by atoms with Gasteiger partial charge in [-0.05, 0) is 32.9 Å².